The van der Waals surface area contributed by atoms with Crippen molar-refractivity contribution in [2.24, 2.45) is 0 Å². The van der Waals surface area contributed by atoms with Gasteiger partial charge in [-0.3, -0.25) is 0 Å². The maximum Gasteiger partial charge on any atom is 0.344 e. The van der Waals surface area contributed by atoms with Crippen LogP contribution in [0.5, 0.6) is 5.75 Å². The topological polar surface area (TPSA) is 39.4 Å². The van der Waals surface area contributed by atoms with Crippen molar-refractivity contribution in [1.29, 1.82) is 0 Å². The highest BCUT2D eigenvalue weighted by atomic mass is 19.1. The summed E-state index contributed by atoms with van der Waals surface area (Å²) < 4.78 is 38.6. The summed E-state index contributed by atoms with van der Waals surface area (Å²) in [4.78, 5) is 12.4. The van der Waals surface area contributed by atoms with E-state index in [-0.39, 0.29) is 12.2 Å². The standard InChI is InChI=1S/C23H16F2O3/c1-14-17-12-16(27-13-18-19(24)8-5-9-20(18)25)10-11-21(17)28-23(26)22(14)15-6-3-2-4-7-15/h2-12H,13H2,1H3. The molecule has 0 N–H and O–H groups in total. The average Bonchev–Trinajstić information content (AvgIpc) is 2.69. The van der Waals surface area contributed by atoms with E-state index in [4.69, 9.17) is 9.15 Å². The van der Waals surface area contributed by atoms with E-state index in [1.165, 1.54) is 18.2 Å². The summed E-state index contributed by atoms with van der Waals surface area (Å²) in [5.41, 5.74) is 1.86. The van der Waals surface area contributed by atoms with Crippen LogP contribution in [0, 0.1) is 18.6 Å². The number of aryl methyl sites for hydroxylation is 1. The molecule has 0 radical (unpaired) electrons. The highest BCUT2D eigenvalue weighted by Crippen LogP contribution is 2.29. The minimum Gasteiger partial charge on any atom is -0.489 e. The van der Waals surface area contributed by atoms with E-state index in [1.54, 1.807) is 18.2 Å². The zero-order chi connectivity index (χ0) is 19.7. The smallest absolute Gasteiger partial charge is 0.344 e. The first-order valence-electron chi connectivity index (χ1n) is 8.73. The fraction of sp³-hybridized carbons (Fsp3) is 0.0870. The minimum atomic E-state index is -0.658. The second kappa shape index (κ2) is 7.27. The minimum absolute atomic E-state index is 0.135. The van der Waals surface area contributed by atoms with Gasteiger partial charge in [0.05, 0.1) is 11.1 Å². The molecule has 0 saturated carbocycles. The second-order valence-electron chi connectivity index (χ2n) is 6.40. The first-order valence-corrected chi connectivity index (χ1v) is 8.73. The predicted molar refractivity (Wildman–Crippen MR) is 103 cm³/mol. The zero-order valence-corrected chi connectivity index (χ0v) is 15.0. The molecular formula is C23H16F2O3. The first-order chi connectivity index (χ1) is 13.5. The summed E-state index contributed by atoms with van der Waals surface area (Å²) >= 11 is 0. The normalized spacial score (nSPS) is 11.0. The molecule has 140 valence electrons. The van der Waals surface area contributed by atoms with E-state index >= 15 is 0 Å². The average molecular weight is 378 g/mol. The van der Waals surface area contributed by atoms with Crippen LogP contribution in [0.2, 0.25) is 0 Å². The largest absolute Gasteiger partial charge is 0.489 e. The number of fused-ring (bicyclic) bond motifs is 1. The third-order valence-corrected chi connectivity index (χ3v) is 4.64. The van der Waals surface area contributed by atoms with Crippen molar-refractivity contribution in [1.82, 2.24) is 0 Å². The van der Waals surface area contributed by atoms with Gasteiger partial charge in [-0.05, 0) is 48.4 Å². The third kappa shape index (κ3) is 3.27. The van der Waals surface area contributed by atoms with Crippen molar-refractivity contribution in [3.63, 3.8) is 0 Å². The van der Waals surface area contributed by atoms with Crippen molar-refractivity contribution in [3.05, 3.63) is 99.9 Å². The highest BCUT2D eigenvalue weighted by Gasteiger charge is 2.14. The van der Waals surface area contributed by atoms with Gasteiger partial charge in [-0.1, -0.05) is 36.4 Å². The predicted octanol–water partition coefficient (Wildman–Crippen LogP) is 5.63. The van der Waals surface area contributed by atoms with Crippen molar-refractivity contribution in [3.8, 4) is 16.9 Å². The lowest BCUT2D eigenvalue weighted by atomic mass is 9.99. The SMILES string of the molecule is Cc1c(-c2ccccc2)c(=O)oc2ccc(OCc3c(F)cccc3F)cc12. The van der Waals surface area contributed by atoms with Crippen LogP contribution in [0.15, 0.2) is 75.9 Å². The molecule has 0 unspecified atom stereocenters. The van der Waals surface area contributed by atoms with E-state index in [0.29, 0.717) is 22.3 Å². The lowest BCUT2D eigenvalue weighted by molar-refractivity contribution is 0.293. The first kappa shape index (κ1) is 17.9. The molecule has 5 heteroatoms. The Kier molecular flexibility index (Phi) is 4.65. The van der Waals surface area contributed by atoms with Gasteiger partial charge in [-0.15, -0.1) is 0 Å². The molecule has 3 aromatic carbocycles. The second-order valence-corrected chi connectivity index (χ2v) is 6.40. The fourth-order valence-corrected chi connectivity index (χ4v) is 3.18. The molecule has 0 amide bonds. The molecule has 0 fully saturated rings. The molecule has 0 aliphatic heterocycles. The van der Waals surface area contributed by atoms with Crippen LogP contribution in [0.25, 0.3) is 22.1 Å². The van der Waals surface area contributed by atoms with E-state index in [1.807, 2.05) is 37.3 Å². The van der Waals surface area contributed by atoms with Gasteiger partial charge in [0, 0.05) is 5.39 Å². The molecule has 0 spiro atoms. The van der Waals surface area contributed by atoms with Crippen LogP contribution in [-0.2, 0) is 6.61 Å². The molecule has 4 rings (SSSR count). The van der Waals surface area contributed by atoms with Gasteiger partial charge in [0.1, 0.15) is 29.6 Å². The summed E-state index contributed by atoms with van der Waals surface area (Å²) in [6, 6.07) is 17.9. The number of hydrogen-bond acceptors (Lipinski definition) is 3. The van der Waals surface area contributed by atoms with Crippen molar-refractivity contribution in [2.75, 3.05) is 0 Å². The Labute approximate surface area is 159 Å². The molecule has 0 saturated heterocycles. The van der Waals surface area contributed by atoms with Crippen LogP contribution in [0.3, 0.4) is 0 Å². The van der Waals surface area contributed by atoms with Gasteiger partial charge in [-0.25, -0.2) is 13.6 Å². The lowest BCUT2D eigenvalue weighted by Gasteiger charge is -2.11. The maximum atomic E-state index is 13.8. The van der Waals surface area contributed by atoms with Gasteiger partial charge < -0.3 is 9.15 Å². The molecular weight excluding hydrogens is 362 g/mol. The van der Waals surface area contributed by atoms with E-state index in [2.05, 4.69) is 0 Å². The highest BCUT2D eigenvalue weighted by molar-refractivity contribution is 5.87. The zero-order valence-electron chi connectivity index (χ0n) is 15.0. The van der Waals surface area contributed by atoms with E-state index in [0.717, 1.165) is 11.1 Å². The third-order valence-electron chi connectivity index (χ3n) is 4.64. The van der Waals surface area contributed by atoms with E-state index in [9.17, 15) is 13.6 Å². The number of benzene rings is 3. The molecule has 0 aliphatic rings. The van der Waals surface area contributed by atoms with Gasteiger partial charge in [0.2, 0.25) is 0 Å². The Morgan fingerprint density at radius 3 is 2.36 bits per heavy atom. The molecule has 4 aromatic rings. The summed E-state index contributed by atoms with van der Waals surface area (Å²) in [6.45, 7) is 1.59. The summed E-state index contributed by atoms with van der Waals surface area (Å²) in [5, 5.41) is 0.699. The van der Waals surface area contributed by atoms with Crippen molar-refractivity contribution in [2.45, 2.75) is 13.5 Å². The van der Waals surface area contributed by atoms with E-state index < -0.39 is 17.3 Å². The number of ether oxygens (including phenoxy) is 1. The molecule has 0 aliphatic carbocycles. The fourth-order valence-electron chi connectivity index (χ4n) is 3.18. The van der Waals surface area contributed by atoms with Crippen LogP contribution < -0.4 is 10.4 Å². The maximum absolute atomic E-state index is 13.8. The van der Waals surface area contributed by atoms with Gasteiger partial charge >= 0.3 is 5.63 Å². The monoisotopic (exact) mass is 378 g/mol. The van der Waals surface area contributed by atoms with Crippen LogP contribution >= 0.6 is 0 Å². The van der Waals surface area contributed by atoms with Gasteiger partial charge in [0.15, 0.2) is 0 Å². The summed E-state index contributed by atoms with van der Waals surface area (Å²) in [6.07, 6.45) is 0. The van der Waals surface area contributed by atoms with Crippen LogP contribution in [-0.4, -0.2) is 0 Å². The number of halogens is 2. The molecule has 28 heavy (non-hydrogen) atoms. The number of hydrogen-bond donors (Lipinski definition) is 0. The van der Waals surface area contributed by atoms with Gasteiger partial charge in [0.25, 0.3) is 0 Å². The molecule has 0 atom stereocenters. The lowest BCUT2D eigenvalue weighted by Crippen LogP contribution is -2.06. The van der Waals surface area contributed by atoms with Crippen molar-refractivity contribution >= 4 is 11.0 Å². The Hall–Kier alpha value is -3.47. The number of rotatable bonds is 4. The molecule has 1 heterocycles. The Balaban J connectivity index is 1.73. The van der Waals surface area contributed by atoms with Crippen molar-refractivity contribution < 1.29 is 17.9 Å². The Morgan fingerprint density at radius 2 is 1.64 bits per heavy atom. The molecule has 1 aromatic heterocycles. The molecule has 3 nitrogen and oxygen atoms in total. The summed E-state index contributed by atoms with van der Waals surface area (Å²) in [5.74, 6) is -0.894. The Morgan fingerprint density at radius 1 is 0.929 bits per heavy atom. The summed E-state index contributed by atoms with van der Waals surface area (Å²) in [7, 11) is 0. The van der Waals surface area contributed by atoms with Gasteiger partial charge in [-0.2, -0.15) is 0 Å². The molecule has 0 bridgehead atoms. The van der Waals surface area contributed by atoms with Crippen LogP contribution in [0.4, 0.5) is 8.78 Å². The van der Waals surface area contributed by atoms with Crippen LogP contribution in [0.1, 0.15) is 11.1 Å². The quantitative estimate of drug-likeness (QED) is 0.432. The Bertz CT molecular complexity index is 1190.